The van der Waals surface area contributed by atoms with Crippen LogP contribution in [0.15, 0.2) is 18.2 Å². The number of benzene rings is 1. The number of ether oxygens (including phenoxy) is 1. The van der Waals surface area contributed by atoms with Gasteiger partial charge in [0.25, 0.3) is 0 Å². The Bertz CT molecular complexity index is 516. The molecule has 4 nitrogen and oxygen atoms in total. The fourth-order valence-corrected chi connectivity index (χ4v) is 2.91. The molecule has 3 rings (SSSR count). The summed E-state index contributed by atoms with van der Waals surface area (Å²) in [6, 6.07) is 5.82. The van der Waals surface area contributed by atoms with Gasteiger partial charge in [-0.1, -0.05) is 17.7 Å². The molecule has 0 radical (unpaired) electrons. The van der Waals surface area contributed by atoms with Crippen LogP contribution in [0.1, 0.15) is 37.3 Å². The predicted octanol–water partition coefficient (Wildman–Crippen LogP) is 3.01. The molecule has 1 aliphatic carbocycles. The third kappa shape index (κ3) is 2.76. The Morgan fingerprint density at radius 3 is 2.75 bits per heavy atom. The molecular formula is C15H18ClNO3. The average Bonchev–Trinajstić information content (AvgIpc) is 2.84. The maximum absolute atomic E-state index is 11.0. The molecule has 2 fully saturated rings. The lowest BCUT2D eigenvalue weighted by Gasteiger charge is -2.27. The molecule has 20 heavy (non-hydrogen) atoms. The monoisotopic (exact) mass is 295 g/mol. The summed E-state index contributed by atoms with van der Waals surface area (Å²) in [7, 11) is 0. The van der Waals surface area contributed by atoms with Crippen LogP contribution in [-0.2, 0) is 4.79 Å². The molecule has 1 aliphatic heterocycles. The van der Waals surface area contributed by atoms with Gasteiger partial charge >= 0.3 is 5.97 Å². The minimum absolute atomic E-state index is 0.0614. The molecule has 2 atom stereocenters. The third-order valence-corrected chi connectivity index (χ3v) is 4.48. The van der Waals surface area contributed by atoms with Gasteiger partial charge in [0, 0.05) is 12.6 Å². The third-order valence-electron chi connectivity index (χ3n) is 4.18. The van der Waals surface area contributed by atoms with Crippen molar-refractivity contribution in [3.8, 4) is 5.75 Å². The molecule has 1 saturated heterocycles. The molecule has 2 unspecified atom stereocenters. The molecule has 1 heterocycles. The highest BCUT2D eigenvalue weighted by atomic mass is 35.5. The number of rotatable bonds is 4. The number of hydrogen-bond acceptors (Lipinski definition) is 3. The van der Waals surface area contributed by atoms with Crippen LogP contribution in [0.2, 0.25) is 5.02 Å². The second-order valence-electron chi connectivity index (χ2n) is 5.59. The Labute approximate surface area is 123 Å². The number of hydrogen-bond donors (Lipinski definition) is 2. The second-order valence-corrected chi connectivity index (χ2v) is 6.00. The van der Waals surface area contributed by atoms with E-state index in [1.807, 2.05) is 18.2 Å². The number of carboxylic acid groups (broad SMARTS) is 1. The average molecular weight is 296 g/mol. The van der Waals surface area contributed by atoms with E-state index in [0.717, 1.165) is 24.2 Å². The van der Waals surface area contributed by atoms with E-state index >= 15 is 0 Å². The topological polar surface area (TPSA) is 58.6 Å². The molecule has 1 aromatic rings. The maximum Gasteiger partial charge on any atom is 0.307 e. The van der Waals surface area contributed by atoms with Gasteiger partial charge in [-0.2, -0.15) is 0 Å². The SMILES string of the molecule is O=C(O)C1CNC(c2ccc(OC3CCC3)c(Cl)c2)C1. The van der Waals surface area contributed by atoms with Crippen LogP contribution in [0, 0.1) is 5.92 Å². The van der Waals surface area contributed by atoms with Crippen molar-refractivity contribution in [2.75, 3.05) is 6.54 Å². The van der Waals surface area contributed by atoms with Gasteiger partial charge in [0.05, 0.1) is 17.0 Å². The first-order chi connectivity index (χ1) is 9.63. The molecule has 1 saturated carbocycles. The smallest absolute Gasteiger partial charge is 0.307 e. The summed E-state index contributed by atoms with van der Waals surface area (Å²) in [5.74, 6) is -0.325. The standard InChI is InChI=1S/C15H18ClNO3/c16-12-6-9(13-7-10(8-17-13)15(18)19)4-5-14(12)20-11-2-1-3-11/h4-6,10-11,13,17H,1-3,7-8H2,(H,18,19). The Hall–Kier alpha value is -1.26. The number of carbonyl (C=O) groups is 1. The van der Waals surface area contributed by atoms with E-state index in [0.29, 0.717) is 24.1 Å². The first kappa shape index (κ1) is 13.7. The van der Waals surface area contributed by atoms with Crippen LogP contribution in [0.5, 0.6) is 5.75 Å². The summed E-state index contributed by atoms with van der Waals surface area (Å²) < 4.78 is 5.81. The van der Waals surface area contributed by atoms with E-state index in [2.05, 4.69) is 5.32 Å². The molecule has 2 aliphatic rings. The molecule has 0 spiro atoms. The van der Waals surface area contributed by atoms with Crippen LogP contribution in [0.3, 0.4) is 0 Å². The summed E-state index contributed by atoms with van der Waals surface area (Å²) in [5, 5.41) is 12.9. The van der Waals surface area contributed by atoms with Gasteiger partial charge in [-0.25, -0.2) is 0 Å². The van der Waals surface area contributed by atoms with Gasteiger partial charge in [-0.15, -0.1) is 0 Å². The second kappa shape index (κ2) is 5.62. The van der Waals surface area contributed by atoms with E-state index in [9.17, 15) is 4.79 Å². The van der Waals surface area contributed by atoms with Crippen molar-refractivity contribution in [3.63, 3.8) is 0 Å². The molecule has 1 aromatic carbocycles. The van der Waals surface area contributed by atoms with Gasteiger partial charge in [-0.05, 0) is 43.4 Å². The first-order valence-electron chi connectivity index (χ1n) is 7.06. The highest BCUT2D eigenvalue weighted by Crippen LogP contribution is 2.35. The summed E-state index contributed by atoms with van der Waals surface area (Å²) >= 11 is 6.26. The molecule has 108 valence electrons. The number of nitrogens with one attached hydrogen (secondary N) is 1. The Morgan fingerprint density at radius 2 is 2.20 bits per heavy atom. The minimum Gasteiger partial charge on any atom is -0.489 e. The normalized spacial score (nSPS) is 26.2. The molecular weight excluding hydrogens is 278 g/mol. The number of carboxylic acids is 1. The molecule has 2 N–H and O–H groups in total. The van der Waals surface area contributed by atoms with Crippen molar-refractivity contribution in [2.24, 2.45) is 5.92 Å². The molecule has 0 bridgehead atoms. The lowest BCUT2D eigenvalue weighted by atomic mass is 9.96. The summed E-state index contributed by atoms with van der Waals surface area (Å²) in [6.07, 6.45) is 4.34. The minimum atomic E-state index is -0.740. The van der Waals surface area contributed by atoms with E-state index < -0.39 is 5.97 Å². The molecule has 0 amide bonds. The quantitative estimate of drug-likeness (QED) is 0.896. The zero-order valence-electron chi connectivity index (χ0n) is 11.1. The van der Waals surface area contributed by atoms with Crippen LogP contribution < -0.4 is 10.1 Å². The molecule has 0 aromatic heterocycles. The Balaban J connectivity index is 1.68. The maximum atomic E-state index is 11.0. The summed E-state index contributed by atoms with van der Waals surface area (Å²) in [4.78, 5) is 11.0. The highest BCUT2D eigenvalue weighted by molar-refractivity contribution is 6.32. The zero-order chi connectivity index (χ0) is 14.1. The van der Waals surface area contributed by atoms with Crippen molar-refractivity contribution < 1.29 is 14.6 Å². The van der Waals surface area contributed by atoms with Gasteiger partial charge in [0.1, 0.15) is 5.75 Å². The number of aliphatic carboxylic acids is 1. The zero-order valence-corrected chi connectivity index (χ0v) is 11.9. The lowest BCUT2D eigenvalue weighted by molar-refractivity contribution is -0.141. The highest BCUT2D eigenvalue weighted by Gasteiger charge is 2.30. The fourth-order valence-electron chi connectivity index (χ4n) is 2.68. The van der Waals surface area contributed by atoms with Gasteiger partial charge in [0.2, 0.25) is 0 Å². The van der Waals surface area contributed by atoms with Gasteiger partial charge in [0.15, 0.2) is 0 Å². The first-order valence-corrected chi connectivity index (χ1v) is 7.43. The van der Waals surface area contributed by atoms with E-state index in [-0.39, 0.29) is 12.0 Å². The fraction of sp³-hybridized carbons (Fsp3) is 0.533. The van der Waals surface area contributed by atoms with Crippen LogP contribution in [-0.4, -0.2) is 23.7 Å². The molecule has 5 heteroatoms. The van der Waals surface area contributed by atoms with Crippen LogP contribution in [0.25, 0.3) is 0 Å². The van der Waals surface area contributed by atoms with Gasteiger partial charge < -0.3 is 15.2 Å². The van der Waals surface area contributed by atoms with Crippen molar-refractivity contribution >= 4 is 17.6 Å². The van der Waals surface area contributed by atoms with Gasteiger partial charge in [-0.3, -0.25) is 4.79 Å². The van der Waals surface area contributed by atoms with E-state index in [4.69, 9.17) is 21.4 Å². The van der Waals surface area contributed by atoms with E-state index in [1.165, 1.54) is 6.42 Å². The number of halogens is 1. The van der Waals surface area contributed by atoms with Crippen molar-refractivity contribution in [1.29, 1.82) is 0 Å². The van der Waals surface area contributed by atoms with Crippen molar-refractivity contribution in [1.82, 2.24) is 5.32 Å². The Morgan fingerprint density at radius 1 is 1.40 bits per heavy atom. The summed E-state index contributed by atoms with van der Waals surface area (Å²) in [5.41, 5.74) is 1.03. The Kier molecular flexibility index (Phi) is 3.85. The van der Waals surface area contributed by atoms with Crippen molar-refractivity contribution in [2.45, 2.75) is 37.8 Å². The lowest BCUT2D eigenvalue weighted by Crippen LogP contribution is -2.24. The largest absolute Gasteiger partial charge is 0.489 e. The van der Waals surface area contributed by atoms with Crippen molar-refractivity contribution in [3.05, 3.63) is 28.8 Å². The predicted molar refractivity (Wildman–Crippen MR) is 76.2 cm³/mol. The van der Waals surface area contributed by atoms with E-state index in [1.54, 1.807) is 0 Å². The van der Waals surface area contributed by atoms with Crippen LogP contribution >= 0.6 is 11.6 Å². The summed E-state index contributed by atoms with van der Waals surface area (Å²) in [6.45, 7) is 0.512. The van der Waals surface area contributed by atoms with Crippen LogP contribution in [0.4, 0.5) is 0 Å².